The third-order valence-corrected chi connectivity index (χ3v) is 3.23. The van der Waals surface area contributed by atoms with Crippen LogP contribution < -0.4 is 5.73 Å². The minimum Gasteiger partial charge on any atom is -0.465 e. The van der Waals surface area contributed by atoms with Gasteiger partial charge in [0.15, 0.2) is 0 Å². The van der Waals surface area contributed by atoms with Crippen molar-refractivity contribution in [3.8, 4) is 0 Å². The predicted octanol–water partition coefficient (Wildman–Crippen LogP) is 3.60. The highest BCUT2D eigenvalue weighted by Crippen LogP contribution is 2.29. The number of nitrogens with two attached hydrogens (primary N) is 1. The zero-order valence-corrected chi connectivity index (χ0v) is 9.68. The van der Waals surface area contributed by atoms with E-state index in [2.05, 4.69) is 0 Å². The van der Waals surface area contributed by atoms with Crippen LogP contribution in [0.15, 0.2) is 39.6 Å². The molecule has 1 heterocycles. The van der Waals surface area contributed by atoms with Gasteiger partial charge in [0.2, 0.25) is 0 Å². The van der Waals surface area contributed by atoms with Crippen molar-refractivity contribution >= 4 is 17.4 Å². The Morgan fingerprint density at radius 3 is 2.81 bits per heavy atom. The van der Waals surface area contributed by atoms with Crippen LogP contribution in [-0.2, 0) is 5.75 Å². The van der Waals surface area contributed by atoms with E-state index in [9.17, 15) is 4.39 Å². The largest absolute Gasteiger partial charge is 0.465 e. The van der Waals surface area contributed by atoms with E-state index >= 15 is 0 Å². The average molecular weight is 237 g/mol. The molecule has 16 heavy (non-hydrogen) atoms. The maximum atomic E-state index is 13.0. The summed E-state index contributed by atoms with van der Waals surface area (Å²) >= 11 is 1.47. The van der Waals surface area contributed by atoms with Crippen molar-refractivity contribution in [3.63, 3.8) is 0 Å². The molecule has 4 heteroatoms. The molecule has 0 bridgehead atoms. The van der Waals surface area contributed by atoms with Gasteiger partial charge in [-0.2, -0.15) is 0 Å². The van der Waals surface area contributed by atoms with Crippen LogP contribution >= 0.6 is 11.8 Å². The van der Waals surface area contributed by atoms with E-state index in [0.29, 0.717) is 11.4 Å². The fourth-order valence-electron chi connectivity index (χ4n) is 1.34. The summed E-state index contributed by atoms with van der Waals surface area (Å²) in [6, 6.07) is 8.19. The summed E-state index contributed by atoms with van der Waals surface area (Å²) < 4.78 is 18.4. The first-order chi connectivity index (χ1) is 7.65. The first-order valence-electron chi connectivity index (χ1n) is 4.88. The van der Waals surface area contributed by atoms with Crippen molar-refractivity contribution in [1.82, 2.24) is 0 Å². The Morgan fingerprint density at radius 2 is 2.12 bits per heavy atom. The number of nitrogen functional groups attached to an aromatic ring is 1. The van der Waals surface area contributed by atoms with Crippen LogP contribution in [0.1, 0.15) is 11.5 Å². The molecule has 0 aliphatic rings. The molecule has 0 atom stereocenters. The topological polar surface area (TPSA) is 39.2 Å². The number of rotatable bonds is 3. The maximum absolute atomic E-state index is 13.0. The normalized spacial score (nSPS) is 10.6. The molecule has 0 unspecified atom stereocenters. The second-order valence-corrected chi connectivity index (χ2v) is 4.50. The van der Waals surface area contributed by atoms with Gasteiger partial charge in [-0.3, -0.25) is 0 Å². The number of furan rings is 1. The molecule has 2 nitrogen and oxygen atoms in total. The SMILES string of the molecule is Cc1ccc(CSc2cc(F)ccc2N)o1. The number of hydrogen-bond acceptors (Lipinski definition) is 3. The quantitative estimate of drug-likeness (QED) is 0.654. The van der Waals surface area contributed by atoms with Crippen LogP contribution in [0.25, 0.3) is 0 Å². The molecule has 1 aromatic carbocycles. The van der Waals surface area contributed by atoms with Gasteiger partial charge in [-0.05, 0) is 37.3 Å². The van der Waals surface area contributed by atoms with E-state index in [0.717, 1.165) is 16.4 Å². The first-order valence-corrected chi connectivity index (χ1v) is 5.87. The van der Waals surface area contributed by atoms with Crippen LogP contribution in [0.2, 0.25) is 0 Å². The summed E-state index contributed by atoms with van der Waals surface area (Å²) in [6.45, 7) is 1.89. The van der Waals surface area contributed by atoms with Gasteiger partial charge in [-0.1, -0.05) is 0 Å². The van der Waals surface area contributed by atoms with Crippen LogP contribution in [-0.4, -0.2) is 0 Å². The van der Waals surface area contributed by atoms with Crippen molar-refractivity contribution in [2.45, 2.75) is 17.6 Å². The third-order valence-electron chi connectivity index (χ3n) is 2.14. The van der Waals surface area contributed by atoms with Crippen LogP contribution in [0, 0.1) is 12.7 Å². The molecule has 0 saturated heterocycles. The summed E-state index contributed by atoms with van der Waals surface area (Å²) in [5.41, 5.74) is 6.33. The number of thioether (sulfide) groups is 1. The average Bonchev–Trinajstić information content (AvgIpc) is 2.66. The second kappa shape index (κ2) is 4.61. The summed E-state index contributed by atoms with van der Waals surface area (Å²) in [5, 5.41) is 0. The zero-order valence-electron chi connectivity index (χ0n) is 8.87. The summed E-state index contributed by atoms with van der Waals surface area (Å²) in [6.07, 6.45) is 0. The van der Waals surface area contributed by atoms with Gasteiger partial charge in [0.25, 0.3) is 0 Å². The molecule has 2 rings (SSSR count). The minimum atomic E-state index is -0.271. The molecule has 0 saturated carbocycles. The molecule has 1 aromatic heterocycles. The van der Waals surface area contributed by atoms with Crippen LogP contribution in [0.4, 0.5) is 10.1 Å². The Balaban J connectivity index is 2.07. The lowest BCUT2D eigenvalue weighted by Gasteiger charge is -2.03. The Labute approximate surface area is 97.6 Å². The van der Waals surface area contributed by atoms with E-state index < -0.39 is 0 Å². The second-order valence-electron chi connectivity index (χ2n) is 3.48. The summed E-state index contributed by atoms with van der Waals surface area (Å²) in [7, 11) is 0. The van der Waals surface area contributed by atoms with Crippen molar-refractivity contribution in [2.24, 2.45) is 0 Å². The number of halogens is 1. The van der Waals surface area contributed by atoms with Gasteiger partial charge in [0.1, 0.15) is 17.3 Å². The van der Waals surface area contributed by atoms with Crippen molar-refractivity contribution in [3.05, 3.63) is 47.7 Å². The van der Waals surface area contributed by atoms with Gasteiger partial charge in [-0.15, -0.1) is 11.8 Å². The lowest BCUT2D eigenvalue weighted by Crippen LogP contribution is -1.89. The van der Waals surface area contributed by atoms with E-state index in [1.165, 1.54) is 23.9 Å². The van der Waals surface area contributed by atoms with Gasteiger partial charge in [0, 0.05) is 10.6 Å². The van der Waals surface area contributed by atoms with Gasteiger partial charge >= 0.3 is 0 Å². The van der Waals surface area contributed by atoms with E-state index in [1.54, 1.807) is 6.07 Å². The van der Waals surface area contributed by atoms with Gasteiger partial charge in [-0.25, -0.2) is 4.39 Å². The highest BCUT2D eigenvalue weighted by molar-refractivity contribution is 7.98. The number of aryl methyl sites for hydroxylation is 1. The molecule has 2 N–H and O–H groups in total. The van der Waals surface area contributed by atoms with E-state index in [1.807, 2.05) is 19.1 Å². The highest BCUT2D eigenvalue weighted by Gasteiger charge is 2.04. The van der Waals surface area contributed by atoms with Gasteiger partial charge in [0.05, 0.1) is 5.75 Å². The lowest BCUT2D eigenvalue weighted by atomic mass is 10.3. The molecule has 84 valence electrons. The molecule has 0 aliphatic carbocycles. The fourth-order valence-corrected chi connectivity index (χ4v) is 2.23. The van der Waals surface area contributed by atoms with Crippen molar-refractivity contribution in [2.75, 3.05) is 5.73 Å². The molecule has 2 aromatic rings. The summed E-state index contributed by atoms with van der Waals surface area (Å²) in [4.78, 5) is 0.744. The maximum Gasteiger partial charge on any atom is 0.124 e. The molecular formula is C12H12FNOS. The molecular weight excluding hydrogens is 225 g/mol. The third kappa shape index (κ3) is 2.58. The molecule has 0 fully saturated rings. The number of hydrogen-bond donors (Lipinski definition) is 1. The summed E-state index contributed by atoms with van der Waals surface area (Å²) in [5.74, 6) is 2.13. The standard InChI is InChI=1S/C12H12FNOS/c1-8-2-4-10(15-8)7-16-12-6-9(13)3-5-11(12)14/h2-6H,7,14H2,1H3. The Morgan fingerprint density at radius 1 is 1.31 bits per heavy atom. The van der Waals surface area contributed by atoms with Gasteiger partial charge < -0.3 is 10.2 Å². The minimum absolute atomic E-state index is 0.271. The van der Waals surface area contributed by atoms with E-state index in [4.69, 9.17) is 10.2 Å². The van der Waals surface area contributed by atoms with Crippen LogP contribution in [0.5, 0.6) is 0 Å². The fraction of sp³-hybridized carbons (Fsp3) is 0.167. The highest BCUT2D eigenvalue weighted by atomic mass is 32.2. The van der Waals surface area contributed by atoms with Crippen molar-refractivity contribution in [1.29, 1.82) is 0 Å². The smallest absolute Gasteiger partial charge is 0.124 e. The Kier molecular flexibility index (Phi) is 3.19. The lowest BCUT2D eigenvalue weighted by molar-refractivity contribution is 0.501. The van der Waals surface area contributed by atoms with Crippen LogP contribution in [0.3, 0.4) is 0 Å². The number of anilines is 1. The monoisotopic (exact) mass is 237 g/mol. The Hall–Kier alpha value is -1.42. The first kappa shape index (κ1) is 11.1. The molecule has 0 spiro atoms. The number of benzene rings is 1. The Bertz CT molecular complexity index is 496. The molecule has 0 aliphatic heterocycles. The predicted molar refractivity (Wildman–Crippen MR) is 63.8 cm³/mol. The van der Waals surface area contributed by atoms with E-state index in [-0.39, 0.29) is 5.82 Å². The van der Waals surface area contributed by atoms with Crippen molar-refractivity contribution < 1.29 is 8.81 Å². The molecule has 0 radical (unpaired) electrons. The zero-order chi connectivity index (χ0) is 11.5. The molecule has 0 amide bonds.